The van der Waals surface area contributed by atoms with Gasteiger partial charge in [0.05, 0.1) is 11.4 Å². The predicted octanol–water partition coefficient (Wildman–Crippen LogP) is 4.03. The van der Waals surface area contributed by atoms with E-state index in [-0.39, 0.29) is 5.91 Å². The van der Waals surface area contributed by atoms with Gasteiger partial charge in [-0.05, 0) is 42.8 Å². The van der Waals surface area contributed by atoms with Crippen LogP contribution in [0.5, 0.6) is 11.5 Å². The van der Waals surface area contributed by atoms with Gasteiger partial charge in [-0.15, -0.1) is 0 Å². The average molecular weight is 321 g/mol. The Bertz CT molecular complexity index is 824. The molecule has 0 aliphatic rings. The van der Waals surface area contributed by atoms with E-state index in [4.69, 9.17) is 4.74 Å². The molecule has 0 fully saturated rings. The highest BCUT2D eigenvalue weighted by Crippen LogP contribution is 2.22. The van der Waals surface area contributed by atoms with Crippen molar-refractivity contribution in [3.05, 3.63) is 72.1 Å². The van der Waals surface area contributed by atoms with Crippen molar-refractivity contribution in [3.8, 4) is 11.5 Å². The summed E-state index contributed by atoms with van der Waals surface area (Å²) in [5, 5.41) is 7.22. The van der Waals surface area contributed by atoms with Crippen molar-refractivity contribution >= 4 is 11.6 Å². The van der Waals surface area contributed by atoms with Crippen LogP contribution in [0.25, 0.3) is 0 Å². The van der Waals surface area contributed by atoms with Gasteiger partial charge in [-0.25, -0.2) is 0 Å². The lowest BCUT2D eigenvalue weighted by atomic mass is 10.2. The van der Waals surface area contributed by atoms with E-state index in [0.717, 1.165) is 23.6 Å². The molecule has 0 atom stereocenters. The second-order valence-electron chi connectivity index (χ2n) is 5.41. The van der Waals surface area contributed by atoms with E-state index < -0.39 is 0 Å². The molecule has 0 bridgehead atoms. The molecule has 1 heterocycles. The minimum atomic E-state index is -0.163. The number of carbonyl (C=O) groups is 1. The van der Waals surface area contributed by atoms with E-state index in [1.807, 2.05) is 50.5 Å². The van der Waals surface area contributed by atoms with Crippen LogP contribution in [0.4, 0.5) is 5.69 Å². The van der Waals surface area contributed by atoms with Crippen LogP contribution in [0.2, 0.25) is 0 Å². The number of hydrogen-bond donors (Lipinski definition) is 1. The number of benzene rings is 2. The molecule has 3 rings (SSSR count). The number of amides is 1. The molecule has 0 aliphatic carbocycles. The lowest BCUT2D eigenvalue weighted by Crippen LogP contribution is -2.12. The van der Waals surface area contributed by atoms with E-state index in [1.54, 1.807) is 28.9 Å². The standard InChI is InChI=1S/C19H19N3O2/c1-3-17-18(13-22(2)21-17)20-19(23)14-9-11-16(12-10-14)24-15-7-5-4-6-8-15/h4-13H,3H2,1-2H3,(H,20,23). The van der Waals surface area contributed by atoms with Crippen molar-refractivity contribution in [1.82, 2.24) is 9.78 Å². The molecule has 5 heteroatoms. The Morgan fingerprint density at radius 1 is 1.08 bits per heavy atom. The zero-order chi connectivity index (χ0) is 16.9. The maximum absolute atomic E-state index is 12.4. The molecule has 5 nitrogen and oxygen atoms in total. The van der Waals surface area contributed by atoms with Crippen LogP contribution in [0.1, 0.15) is 23.0 Å². The van der Waals surface area contributed by atoms with Gasteiger partial charge in [0.2, 0.25) is 0 Å². The van der Waals surface area contributed by atoms with Crippen molar-refractivity contribution < 1.29 is 9.53 Å². The third kappa shape index (κ3) is 3.63. The lowest BCUT2D eigenvalue weighted by Gasteiger charge is -2.07. The van der Waals surface area contributed by atoms with Gasteiger partial charge in [0.25, 0.3) is 5.91 Å². The number of nitrogens with zero attached hydrogens (tertiary/aromatic N) is 2. The van der Waals surface area contributed by atoms with Gasteiger partial charge in [0, 0.05) is 18.8 Å². The number of anilines is 1. The van der Waals surface area contributed by atoms with E-state index in [2.05, 4.69) is 10.4 Å². The largest absolute Gasteiger partial charge is 0.457 e. The van der Waals surface area contributed by atoms with Gasteiger partial charge in [-0.3, -0.25) is 9.48 Å². The molecular formula is C19H19N3O2. The Labute approximate surface area is 140 Å². The summed E-state index contributed by atoms with van der Waals surface area (Å²) >= 11 is 0. The Kier molecular flexibility index (Phi) is 4.61. The summed E-state index contributed by atoms with van der Waals surface area (Å²) in [6, 6.07) is 16.6. The second-order valence-corrected chi connectivity index (χ2v) is 5.41. The first-order chi connectivity index (χ1) is 11.7. The Morgan fingerprint density at radius 3 is 2.42 bits per heavy atom. The van der Waals surface area contributed by atoms with Crippen LogP contribution in [-0.2, 0) is 13.5 Å². The molecule has 122 valence electrons. The molecular weight excluding hydrogens is 302 g/mol. The van der Waals surface area contributed by atoms with Crippen LogP contribution in [0.3, 0.4) is 0 Å². The first kappa shape index (κ1) is 15.8. The number of nitrogens with one attached hydrogen (secondary N) is 1. The molecule has 1 aromatic heterocycles. The van der Waals surface area contributed by atoms with Gasteiger partial charge in [0.1, 0.15) is 11.5 Å². The molecule has 3 aromatic rings. The molecule has 1 amide bonds. The van der Waals surface area contributed by atoms with E-state index >= 15 is 0 Å². The van der Waals surface area contributed by atoms with E-state index in [0.29, 0.717) is 11.3 Å². The minimum absolute atomic E-state index is 0.163. The van der Waals surface area contributed by atoms with Crippen LogP contribution in [0, 0.1) is 0 Å². The summed E-state index contributed by atoms with van der Waals surface area (Å²) in [7, 11) is 1.84. The first-order valence-corrected chi connectivity index (χ1v) is 7.82. The first-order valence-electron chi connectivity index (χ1n) is 7.82. The topological polar surface area (TPSA) is 56.2 Å². The molecule has 2 aromatic carbocycles. The molecule has 0 unspecified atom stereocenters. The molecule has 0 aliphatic heterocycles. The Morgan fingerprint density at radius 2 is 1.75 bits per heavy atom. The maximum Gasteiger partial charge on any atom is 0.255 e. The Hall–Kier alpha value is -3.08. The number of carbonyl (C=O) groups excluding carboxylic acids is 1. The SMILES string of the molecule is CCc1nn(C)cc1NC(=O)c1ccc(Oc2ccccc2)cc1. The maximum atomic E-state index is 12.4. The van der Waals surface area contributed by atoms with Gasteiger partial charge >= 0.3 is 0 Å². The van der Waals surface area contributed by atoms with Gasteiger partial charge in [-0.1, -0.05) is 25.1 Å². The van der Waals surface area contributed by atoms with Gasteiger partial charge in [0.15, 0.2) is 0 Å². The smallest absolute Gasteiger partial charge is 0.255 e. The summed E-state index contributed by atoms with van der Waals surface area (Å²) in [5.41, 5.74) is 2.19. The normalized spacial score (nSPS) is 10.4. The highest BCUT2D eigenvalue weighted by atomic mass is 16.5. The number of aromatic nitrogens is 2. The molecule has 1 N–H and O–H groups in total. The van der Waals surface area contributed by atoms with Crippen LogP contribution < -0.4 is 10.1 Å². The van der Waals surface area contributed by atoms with Crippen molar-refractivity contribution in [2.24, 2.45) is 7.05 Å². The minimum Gasteiger partial charge on any atom is -0.457 e. The fourth-order valence-corrected chi connectivity index (χ4v) is 2.39. The average Bonchev–Trinajstić information content (AvgIpc) is 2.96. The number of rotatable bonds is 5. The van der Waals surface area contributed by atoms with Crippen LogP contribution >= 0.6 is 0 Å². The third-order valence-corrected chi connectivity index (χ3v) is 3.58. The summed E-state index contributed by atoms with van der Waals surface area (Å²) in [4.78, 5) is 12.4. The highest BCUT2D eigenvalue weighted by molar-refractivity contribution is 6.04. The fraction of sp³-hybridized carbons (Fsp3) is 0.158. The summed E-state index contributed by atoms with van der Waals surface area (Å²) in [6.45, 7) is 2.01. The van der Waals surface area contributed by atoms with E-state index in [9.17, 15) is 4.79 Å². The predicted molar refractivity (Wildman–Crippen MR) is 93.5 cm³/mol. The number of para-hydroxylation sites is 1. The lowest BCUT2D eigenvalue weighted by molar-refractivity contribution is 0.102. The zero-order valence-electron chi connectivity index (χ0n) is 13.7. The van der Waals surface area contributed by atoms with Crippen LogP contribution in [-0.4, -0.2) is 15.7 Å². The monoisotopic (exact) mass is 321 g/mol. The number of hydrogen-bond acceptors (Lipinski definition) is 3. The molecule has 24 heavy (non-hydrogen) atoms. The van der Waals surface area contributed by atoms with Gasteiger partial charge in [-0.2, -0.15) is 5.10 Å². The number of ether oxygens (including phenoxy) is 1. The summed E-state index contributed by atoms with van der Waals surface area (Å²) in [5.74, 6) is 1.29. The van der Waals surface area contributed by atoms with Crippen molar-refractivity contribution in [2.45, 2.75) is 13.3 Å². The van der Waals surface area contributed by atoms with Crippen LogP contribution in [0.15, 0.2) is 60.8 Å². The van der Waals surface area contributed by atoms with Crippen molar-refractivity contribution in [3.63, 3.8) is 0 Å². The number of aryl methyl sites for hydroxylation is 2. The summed E-state index contributed by atoms with van der Waals surface area (Å²) < 4.78 is 7.43. The van der Waals surface area contributed by atoms with Crippen molar-refractivity contribution in [1.29, 1.82) is 0 Å². The van der Waals surface area contributed by atoms with E-state index in [1.165, 1.54) is 0 Å². The quantitative estimate of drug-likeness (QED) is 0.772. The molecule has 0 radical (unpaired) electrons. The molecule has 0 saturated carbocycles. The van der Waals surface area contributed by atoms with Gasteiger partial charge < -0.3 is 10.1 Å². The molecule has 0 saturated heterocycles. The highest BCUT2D eigenvalue weighted by Gasteiger charge is 2.11. The van der Waals surface area contributed by atoms with Crippen molar-refractivity contribution in [2.75, 3.05) is 5.32 Å². The third-order valence-electron chi connectivity index (χ3n) is 3.58. The fourth-order valence-electron chi connectivity index (χ4n) is 2.39. The second kappa shape index (κ2) is 7.00. The molecule has 0 spiro atoms. The zero-order valence-corrected chi connectivity index (χ0v) is 13.7. The summed E-state index contributed by atoms with van der Waals surface area (Å²) in [6.07, 6.45) is 2.57. The Balaban J connectivity index is 1.69.